The first-order chi connectivity index (χ1) is 15.2. The van der Waals surface area contributed by atoms with Gasteiger partial charge >= 0.3 is 0 Å². The van der Waals surface area contributed by atoms with Crippen molar-refractivity contribution in [2.75, 3.05) is 47.8 Å². The highest BCUT2D eigenvalue weighted by molar-refractivity contribution is 6.29. The van der Waals surface area contributed by atoms with E-state index in [0.29, 0.717) is 40.5 Å². The molecule has 1 aliphatic rings. The van der Waals surface area contributed by atoms with Crippen molar-refractivity contribution in [2.24, 2.45) is 0 Å². The second-order valence-corrected chi connectivity index (χ2v) is 8.50. The van der Waals surface area contributed by atoms with Crippen LogP contribution >= 0.6 is 0 Å². The van der Waals surface area contributed by atoms with Crippen molar-refractivity contribution in [2.45, 2.75) is 13.0 Å². The number of nitro benzene ring substituents is 1. The van der Waals surface area contributed by atoms with Crippen molar-refractivity contribution in [1.29, 1.82) is 0 Å². The van der Waals surface area contributed by atoms with Gasteiger partial charge < -0.3 is 9.80 Å². The number of fused-ring (bicyclic) bond motifs is 2. The van der Waals surface area contributed by atoms with E-state index in [4.69, 9.17) is 0 Å². The highest BCUT2D eigenvalue weighted by Gasteiger charge is 2.35. The Balaban J connectivity index is 1.93. The fourth-order valence-corrected chi connectivity index (χ4v) is 4.04. The third kappa shape index (κ3) is 3.69. The number of imide groups is 1. The predicted molar refractivity (Wildman–Crippen MR) is 119 cm³/mol. The van der Waals surface area contributed by atoms with Gasteiger partial charge in [0.1, 0.15) is 5.52 Å². The van der Waals surface area contributed by atoms with Gasteiger partial charge in [-0.15, -0.1) is 5.10 Å². The summed E-state index contributed by atoms with van der Waals surface area (Å²) in [5.74, 6) is -0.948. The van der Waals surface area contributed by atoms with Gasteiger partial charge in [0.05, 0.1) is 21.6 Å². The minimum atomic E-state index is -0.525. The molecule has 0 radical (unpaired) electrons. The molecule has 0 unspecified atom stereocenters. The Kier molecular flexibility index (Phi) is 5.61. The maximum atomic E-state index is 13.2. The van der Waals surface area contributed by atoms with Crippen LogP contribution in [0.1, 0.15) is 27.1 Å². The maximum absolute atomic E-state index is 13.2. The van der Waals surface area contributed by atoms with E-state index in [-0.39, 0.29) is 17.8 Å². The molecule has 0 bridgehead atoms. The number of hydrogen-bond donors (Lipinski definition) is 0. The number of aromatic nitrogens is 3. The van der Waals surface area contributed by atoms with Gasteiger partial charge in [-0.25, -0.2) is 4.68 Å². The number of carbonyl (C=O) groups is 2. The van der Waals surface area contributed by atoms with Crippen molar-refractivity contribution in [1.82, 2.24) is 29.7 Å². The molecule has 11 heteroatoms. The molecule has 168 valence electrons. The molecule has 2 heterocycles. The summed E-state index contributed by atoms with van der Waals surface area (Å²) in [6, 6.07) is 4.31. The Hall–Kier alpha value is -3.44. The SMILES string of the molecule is CN(C)CCCn1nnc2cc3c4c(cc([N+](=O)[O-])cc4c21)C(=O)N(CCN(C)C)C3=O. The van der Waals surface area contributed by atoms with E-state index >= 15 is 0 Å². The van der Waals surface area contributed by atoms with Crippen LogP contribution in [-0.4, -0.2) is 94.3 Å². The van der Waals surface area contributed by atoms with Gasteiger partial charge in [-0.1, -0.05) is 5.21 Å². The first kappa shape index (κ1) is 21.8. The Labute approximate surface area is 184 Å². The zero-order valence-electron chi connectivity index (χ0n) is 18.5. The van der Waals surface area contributed by atoms with Gasteiger partial charge in [0.2, 0.25) is 0 Å². The zero-order valence-corrected chi connectivity index (χ0v) is 18.5. The van der Waals surface area contributed by atoms with Crippen molar-refractivity contribution in [3.05, 3.63) is 39.4 Å². The number of aryl methyl sites for hydroxylation is 1. The van der Waals surface area contributed by atoms with Gasteiger partial charge in [-0.05, 0) is 47.2 Å². The minimum Gasteiger partial charge on any atom is -0.309 e. The van der Waals surface area contributed by atoms with Crippen LogP contribution in [0.25, 0.3) is 21.8 Å². The average Bonchev–Trinajstić information content (AvgIpc) is 3.13. The Bertz CT molecular complexity index is 1250. The van der Waals surface area contributed by atoms with Crippen LogP contribution in [0.3, 0.4) is 0 Å². The van der Waals surface area contributed by atoms with E-state index in [1.165, 1.54) is 12.1 Å². The molecule has 1 aromatic heterocycles. The largest absolute Gasteiger partial charge is 0.309 e. The van der Waals surface area contributed by atoms with Crippen LogP contribution in [0.4, 0.5) is 5.69 Å². The number of likely N-dealkylation sites (N-methyl/N-ethyl adjacent to an activating group) is 1. The van der Waals surface area contributed by atoms with E-state index in [9.17, 15) is 19.7 Å². The van der Waals surface area contributed by atoms with Crippen molar-refractivity contribution in [3.8, 4) is 0 Å². The summed E-state index contributed by atoms with van der Waals surface area (Å²) in [5.41, 5.74) is 1.33. The molecular weight excluding hydrogens is 414 g/mol. The fourth-order valence-electron chi connectivity index (χ4n) is 4.04. The molecule has 1 aliphatic heterocycles. The molecule has 0 N–H and O–H groups in total. The quantitative estimate of drug-likeness (QED) is 0.295. The normalized spacial score (nSPS) is 13.9. The van der Waals surface area contributed by atoms with Gasteiger partial charge in [0, 0.05) is 42.5 Å². The van der Waals surface area contributed by atoms with E-state index < -0.39 is 16.7 Å². The number of nitro groups is 1. The topological polar surface area (TPSA) is 118 Å². The number of hydrogen-bond acceptors (Lipinski definition) is 8. The van der Waals surface area contributed by atoms with Crippen LogP contribution in [0.15, 0.2) is 18.2 Å². The van der Waals surface area contributed by atoms with Gasteiger partial charge in [-0.2, -0.15) is 0 Å². The fraction of sp³-hybridized carbons (Fsp3) is 0.429. The predicted octanol–water partition coefficient (Wildman–Crippen LogP) is 1.60. The molecule has 3 aromatic rings. The van der Waals surface area contributed by atoms with Gasteiger partial charge in [0.25, 0.3) is 17.5 Å². The first-order valence-corrected chi connectivity index (χ1v) is 10.3. The molecule has 11 nitrogen and oxygen atoms in total. The zero-order chi connectivity index (χ0) is 23.2. The number of rotatable bonds is 8. The second-order valence-electron chi connectivity index (χ2n) is 8.50. The molecule has 0 atom stereocenters. The van der Waals surface area contributed by atoms with Crippen molar-refractivity contribution >= 4 is 39.3 Å². The van der Waals surface area contributed by atoms with E-state index in [2.05, 4.69) is 15.2 Å². The Morgan fingerprint density at radius 2 is 1.62 bits per heavy atom. The van der Waals surface area contributed by atoms with Crippen molar-refractivity contribution < 1.29 is 14.5 Å². The maximum Gasteiger partial charge on any atom is 0.270 e. The Morgan fingerprint density at radius 1 is 0.969 bits per heavy atom. The molecule has 2 aromatic carbocycles. The molecule has 0 aliphatic carbocycles. The molecule has 2 amide bonds. The lowest BCUT2D eigenvalue weighted by Crippen LogP contribution is -2.43. The van der Waals surface area contributed by atoms with Gasteiger partial charge in [-0.3, -0.25) is 24.6 Å². The molecule has 4 rings (SSSR count). The number of carbonyl (C=O) groups excluding carboxylic acids is 2. The lowest BCUT2D eigenvalue weighted by molar-refractivity contribution is -0.384. The highest BCUT2D eigenvalue weighted by Crippen LogP contribution is 2.37. The molecule has 0 saturated carbocycles. The summed E-state index contributed by atoms with van der Waals surface area (Å²) in [7, 11) is 7.64. The van der Waals surface area contributed by atoms with Crippen LogP contribution in [0.2, 0.25) is 0 Å². The van der Waals surface area contributed by atoms with Crippen LogP contribution in [0.5, 0.6) is 0 Å². The van der Waals surface area contributed by atoms with E-state index in [1.807, 2.05) is 33.1 Å². The summed E-state index contributed by atoms with van der Waals surface area (Å²) in [5, 5.41) is 21.0. The molecule has 0 saturated heterocycles. The van der Waals surface area contributed by atoms with E-state index in [0.717, 1.165) is 17.9 Å². The van der Waals surface area contributed by atoms with Crippen LogP contribution in [-0.2, 0) is 6.54 Å². The second kappa shape index (κ2) is 8.24. The average molecular weight is 439 g/mol. The smallest absolute Gasteiger partial charge is 0.270 e. The summed E-state index contributed by atoms with van der Waals surface area (Å²) >= 11 is 0. The summed E-state index contributed by atoms with van der Waals surface area (Å²) in [6.07, 6.45) is 0.798. The number of benzene rings is 2. The molecule has 32 heavy (non-hydrogen) atoms. The summed E-state index contributed by atoms with van der Waals surface area (Å²) in [4.78, 5) is 42.7. The third-order valence-corrected chi connectivity index (χ3v) is 5.60. The van der Waals surface area contributed by atoms with E-state index in [1.54, 1.807) is 10.7 Å². The highest BCUT2D eigenvalue weighted by atomic mass is 16.6. The molecule has 0 fully saturated rings. The summed E-state index contributed by atoms with van der Waals surface area (Å²) < 4.78 is 1.69. The number of nitrogens with zero attached hydrogens (tertiary/aromatic N) is 7. The molecular formula is C21H25N7O4. The standard InChI is InChI=1S/C21H25N7O4/c1-24(2)6-5-7-27-19-14-10-13(28(31)32)11-15-18(14)16(12-17(19)22-23-27)21(30)26(20(15)29)9-8-25(3)4/h10-12H,5-9H2,1-4H3. The van der Waals surface area contributed by atoms with Crippen molar-refractivity contribution in [3.63, 3.8) is 0 Å². The summed E-state index contributed by atoms with van der Waals surface area (Å²) in [6.45, 7) is 2.05. The monoisotopic (exact) mass is 439 g/mol. The van der Waals surface area contributed by atoms with Gasteiger partial charge in [0.15, 0.2) is 0 Å². The Morgan fingerprint density at radius 3 is 2.25 bits per heavy atom. The van der Waals surface area contributed by atoms with Crippen LogP contribution < -0.4 is 0 Å². The lowest BCUT2D eigenvalue weighted by atomic mass is 9.92. The molecule has 0 spiro atoms. The lowest BCUT2D eigenvalue weighted by Gasteiger charge is -2.28. The number of non-ortho nitro benzene ring substituents is 1. The minimum absolute atomic E-state index is 0.158. The first-order valence-electron chi connectivity index (χ1n) is 10.3. The third-order valence-electron chi connectivity index (χ3n) is 5.60. The number of amides is 2. The van der Waals surface area contributed by atoms with Crippen LogP contribution in [0, 0.1) is 10.1 Å².